The molecule has 0 aliphatic rings. The van der Waals surface area contributed by atoms with Crippen LogP contribution in [-0.2, 0) is 0 Å². The summed E-state index contributed by atoms with van der Waals surface area (Å²) in [7, 11) is 0. The molecule has 1 N–H and O–H groups in total. The third-order valence-corrected chi connectivity index (χ3v) is 4.20. The Morgan fingerprint density at radius 3 is 2.80 bits per heavy atom. The molecule has 3 aromatic rings. The van der Waals surface area contributed by atoms with E-state index in [9.17, 15) is 4.79 Å². The molecule has 2 aromatic carbocycles. The molecule has 0 spiro atoms. The zero-order valence-corrected chi connectivity index (χ0v) is 12.4. The van der Waals surface area contributed by atoms with E-state index in [4.69, 9.17) is 16.7 Å². The van der Waals surface area contributed by atoms with Crippen LogP contribution in [0.2, 0.25) is 5.02 Å². The Morgan fingerprint density at radius 2 is 2.10 bits per heavy atom. The van der Waals surface area contributed by atoms with Gasteiger partial charge < -0.3 is 5.11 Å². The van der Waals surface area contributed by atoms with Gasteiger partial charge in [-0.1, -0.05) is 17.7 Å². The number of para-hydroxylation sites is 1. The van der Waals surface area contributed by atoms with Gasteiger partial charge in [0.2, 0.25) is 0 Å². The van der Waals surface area contributed by atoms with Gasteiger partial charge in [0.25, 0.3) is 0 Å². The molecule has 0 aliphatic carbocycles. The third-order valence-electron chi connectivity index (χ3n) is 2.99. The highest BCUT2D eigenvalue weighted by Crippen LogP contribution is 2.27. The van der Waals surface area contributed by atoms with E-state index in [-0.39, 0.29) is 5.56 Å². The zero-order chi connectivity index (χ0) is 14.3. The molecule has 3 rings (SSSR count). The highest BCUT2D eigenvalue weighted by atomic mass is 79.9. The molecule has 1 aromatic heterocycles. The van der Waals surface area contributed by atoms with Crippen molar-refractivity contribution in [2.75, 3.05) is 0 Å². The summed E-state index contributed by atoms with van der Waals surface area (Å²) in [6.45, 7) is 0. The number of carboxylic acid groups (broad SMARTS) is 1. The largest absolute Gasteiger partial charge is 0.478 e. The minimum atomic E-state index is -0.988. The topological polar surface area (TPSA) is 55.1 Å². The van der Waals surface area contributed by atoms with Crippen LogP contribution >= 0.6 is 27.5 Å². The van der Waals surface area contributed by atoms with Crippen LogP contribution in [0, 0.1) is 0 Å². The number of aromatic nitrogens is 2. The van der Waals surface area contributed by atoms with Crippen molar-refractivity contribution in [3.63, 3.8) is 0 Å². The first-order valence-corrected chi connectivity index (χ1v) is 6.90. The molecule has 0 atom stereocenters. The molecular formula is C14H8BrClN2O2. The Labute approximate surface area is 127 Å². The van der Waals surface area contributed by atoms with Crippen LogP contribution in [0.1, 0.15) is 10.4 Å². The van der Waals surface area contributed by atoms with Crippen molar-refractivity contribution in [1.29, 1.82) is 0 Å². The predicted molar refractivity (Wildman–Crippen MR) is 80.7 cm³/mol. The number of carbonyl (C=O) groups is 1. The minimum Gasteiger partial charge on any atom is -0.478 e. The van der Waals surface area contributed by atoms with Gasteiger partial charge in [0, 0.05) is 10.2 Å². The van der Waals surface area contributed by atoms with Crippen molar-refractivity contribution in [1.82, 2.24) is 9.55 Å². The van der Waals surface area contributed by atoms with Gasteiger partial charge in [0.15, 0.2) is 0 Å². The number of benzene rings is 2. The highest BCUT2D eigenvalue weighted by molar-refractivity contribution is 9.10. The monoisotopic (exact) mass is 350 g/mol. The third kappa shape index (κ3) is 2.09. The molecule has 0 saturated carbocycles. The van der Waals surface area contributed by atoms with Crippen LogP contribution in [0.4, 0.5) is 0 Å². The lowest BCUT2D eigenvalue weighted by atomic mass is 10.2. The summed E-state index contributed by atoms with van der Waals surface area (Å²) in [6, 6.07) is 10.6. The first-order chi connectivity index (χ1) is 9.58. The van der Waals surface area contributed by atoms with Crippen LogP contribution in [0.15, 0.2) is 47.2 Å². The lowest BCUT2D eigenvalue weighted by molar-refractivity contribution is 0.0699. The summed E-state index contributed by atoms with van der Waals surface area (Å²) in [5, 5.41) is 9.78. The molecule has 0 saturated heterocycles. The fraction of sp³-hybridized carbons (Fsp3) is 0. The summed E-state index contributed by atoms with van der Waals surface area (Å²) in [4.78, 5) is 15.4. The molecule has 0 bridgehead atoms. The normalized spacial score (nSPS) is 10.9. The van der Waals surface area contributed by atoms with E-state index in [2.05, 4.69) is 20.9 Å². The standard InChI is InChI=1S/C14H8BrClN2O2/c15-10-6-8(4-5-11(10)16)18-7-17-13-9(14(19)20)2-1-3-12(13)18/h1-7H,(H,19,20). The van der Waals surface area contributed by atoms with Crippen LogP contribution in [0.3, 0.4) is 0 Å². The Kier molecular flexibility index (Phi) is 3.23. The van der Waals surface area contributed by atoms with E-state index in [1.165, 1.54) is 0 Å². The molecule has 0 amide bonds. The van der Waals surface area contributed by atoms with Gasteiger partial charge in [0.1, 0.15) is 11.8 Å². The molecule has 0 unspecified atom stereocenters. The predicted octanol–water partition coefficient (Wildman–Crippen LogP) is 4.14. The van der Waals surface area contributed by atoms with Crippen LogP contribution < -0.4 is 0 Å². The molecule has 1 heterocycles. The van der Waals surface area contributed by atoms with Crippen LogP contribution in [0.25, 0.3) is 16.7 Å². The summed E-state index contributed by atoms with van der Waals surface area (Å²) < 4.78 is 2.59. The number of fused-ring (bicyclic) bond motifs is 1. The summed E-state index contributed by atoms with van der Waals surface area (Å²) in [5.74, 6) is -0.988. The first kappa shape index (κ1) is 13.1. The Morgan fingerprint density at radius 1 is 1.30 bits per heavy atom. The van der Waals surface area contributed by atoms with E-state index in [1.54, 1.807) is 24.5 Å². The van der Waals surface area contributed by atoms with Crippen molar-refractivity contribution >= 4 is 44.5 Å². The number of hydrogen-bond donors (Lipinski definition) is 1. The van der Waals surface area contributed by atoms with E-state index in [0.29, 0.717) is 10.5 Å². The maximum absolute atomic E-state index is 11.2. The number of rotatable bonds is 2. The molecule has 4 nitrogen and oxygen atoms in total. The first-order valence-electron chi connectivity index (χ1n) is 5.72. The minimum absolute atomic E-state index is 0.189. The summed E-state index contributed by atoms with van der Waals surface area (Å²) in [6.07, 6.45) is 1.60. The number of carboxylic acids is 1. The second-order valence-electron chi connectivity index (χ2n) is 4.19. The van der Waals surface area contributed by atoms with Crippen molar-refractivity contribution < 1.29 is 9.90 Å². The number of halogens is 2. The average molecular weight is 352 g/mol. The molecule has 0 aliphatic heterocycles. The summed E-state index contributed by atoms with van der Waals surface area (Å²) >= 11 is 9.35. The zero-order valence-electron chi connectivity index (χ0n) is 10.0. The van der Waals surface area contributed by atoms with Crippen LogP contribution in [0.5, 0.6) is 0 Å². The maximum Gasteiger partial charge on any atom is 0.337 e. The van der Waals surface area contributed by atoms with E-state index in [1.807, 2.05) is 22.8 Å². The second-order valence-corrected chi connectivity index (χ2v) is 5.45. The highest BCUT2D eigenvalue weighted by Gasteiger charge is 2.13. The SMILES string of the molecule is O=C(O)c1cccc2c1ncn2-c1ccc(Cl)c(Br)c1. The smallest absolute Gasteiger partial charge is 0.337 e. The van der Waals surface area contributed by atoms with Crippen molar-refractivity contribution in [3.05, 3.63) is 57.8 Å². The van der Waals surface area contributed by atoms with Gasteiger partial charge in [-0.05, 0) is 46.3 Å². The molecule has 6 heteroatoms. The lowest BCUT2D eigenvalue weighted by Gasteiger charge is -2.06. The number of aromatic carboxylic acids is 1. The van der Waals surface area contributed by atoms with Gasteiger partial charge in [-0.2, -0.15) is 0 Å². The quantitative estimate of drug-likeness (QED) is 0.755. The van der Waals surface area contributed by atoms with Gasteiger partial charge in [-0.25, -0.2) is 9.78 Å². The van der Waals surface area contributed by atoms with Gasteiger partial charge >= 0.3 is 5.97 Å². The molecule has 20 heavy (non-hydrogen) atoms. The molecule has 100 valence electrons. The van der Waals surface area contributed by atoms with E-state index >= 15 is 0 Å². The van der Waals surface area contributed by atoms with Gasteiger partial charge in [0.05, 0.1) is 16.1 Å². The van der Waals surface area contributed by atoms with E-state index < -0.39 is 5.97 Å². The fourth-order valence-corrected chi connectivity index (χ4v) is 2.54. The number of imidazole rings is 1. The van der Waals surface area contributed by atoms with Crippen molar-refractivity contribution in [3.8, 4) is 5.69 Å². The number of nitrogens with zero attached hydrogens (tertiary/aromatic N) is 2. The average Bonchev–Trinajstić information content (AvgIpc) is 2.85. The number of hydrogen-bond acceptors (Lipinski definition) is 2. The molecule has 0 fully saturated rings. The Balaban J connectivity index is 2.25. The van der Waals surface area contributed by atoms with Crippen molar-refractivity contribution in [2.45, 2.75) is 0 Å². The second kappa shape index (κ2) is 4.92. The fourth-order valence-electron chi connectivity index (χ4n) is 2.05. The van der Waals surface area contributed by atoms with Crippen LogP contribution in [-0.4, -0.2) is 20.6 Å². The molecule has 0 radical (unpaired) electrons. The Hall–Kier alpha value is -1.85. The Bertz CT molecular complexity index is 829. The van der Waals surface area contributed by atoms with E-state index in [0.717, 1.165) is 15.7 Å². The van der Waals surface area contributed by atoms with Crippen molar-refractivity contribution in [2.24, 2.45) is 0 Å². The van der Waals surface area contributed by atoms with Gasteiger partial charge in [-0.15, -0.1) is 0 Å². The lowest BCUT2D eigenvalue weighted by Crippen LogP contribution is -1.98. The molecular weight excluding hydrogens is 344 g/mol. The summed E-state index contributed by atoms with van der Waals surface area (Å²) in [5.41, 5.74) is 2.24. The van der Waals surface area contributed by atoms with Gasteiger partial charge in [-0.3, -0.25) is 4.57 Å². The maximum atomic E-state index is 11.2.